The lowest BCUT2D eigenvalue weighted by atomic mass is 9.89. The van der Waals surface area contributed by atoms with Crippen molar-refractivity contribution >= 4 is 53.4 Å². The number of benzene rings is 8. The van der Waals surface area contributed by atoms with E-state index in [0.717, 1.165) is 55.3 Å². The van der Waals surface area contributed by atoms with Gasteiger partial charge in [0, 0.05) is 58.8 Å². The normalized spacial score (nSPS) is 11.6. The van der Waals surface area contributed by atoms with Gasteiger partial charge in [-0.3, -0.25) is 0 Å². The number of furan rings is 1. The second kappa shape index (κ2) is 13.3. The van der Waals surface area contributed by atoms with E-state index in [2.05, 4.69) is 121 Å². The number of hydrogen-bond donors (Lipinski definition) is 0. The van der Waals surface area contributed by atoms with Gasteiger partial charge in [0.25, 0.3) is 0 Å². The molecule has 0 fully saturated rings. The Bertz CT molecular complexity index is 3180. The molecular weight excluding hydrogens is 703 g/mol. The summed E-state index contributed by atoms with van der Waals surface area (Å²) in [7, 11) is 0. The number of para-hydroxylation sites is 1. The van der Waals surface area contributed by atoms with Crippen LogP contribution in [0.1, 0.15) is 0 Å². The lowest BCUT2D eigenvalue weighted by Gasteiger charge is -2.15. The summed E-state index contributed by atoms with van der Waals surface area (Å²) in [5.74, 6) is 1.87. The zero-order valence-corrected chi connectivity index (χ0v) is 30.9. The van der Waals surface area contributed by atoms with Crippen molar-refractivity contribution in [3.8, 4) is 67.5 Å². The van der Waals surface area contributed by atoms with E-state index in [1.165, 1.54) is 36.9 Å². The highest BCUT2D eigenvalue weighted by molar-refractivity contribution is 7.26. The maximum atomic E-state index is 6.71. The van der Waals surface area contributed by atoms with Crippen molar-refractivity contribution in [2.24, 2.45) is 0 Å². The fourth-order valence-corrected chi connectivity index (χ4v) is 9.15. The third-order valence-electron chi connectivity index (χ3n) is 10.5. The molecule has 5 heteroatoms. The van der Waals surface area contributed by atoms with E-state index < -0.39 is 0 Å². The molecule has 11 aromatic rings. The third-order valence-corrected chi connectivity index (χ3v) is 11.7. The molecule has 0 saturated heterocycles. The van der Waals surface area contributed by atoms with Crippen LogP contribution in [0.4, 0.5) is 0 Å². The average Bonchev–Trinajstić information content (AvgIpc) is 3.85. The van der Waals surface area contributed by atoms with Crippen molar-refractivity contribution < 1.29 is 4.42 Å². The molecule has 0 aliphatic heterocycles. The van der Waals surface area contributed by atoms with E-state index in [1.807, 2.05) is 78.1 Å². The lowest BCUT2D eigenvalue weighted by molar-refractivity contribution is 0.670. The van der Waals surface area contributed by atoms with Gasteiger partial charge >= 0.3 is 0 Å². The summed E-state index contributed by atoms with van der Waals surface area (Å²) in [6, 6.07) is 65.7. The first-order chi connectivity index (χ1) is 27.7. The fourth-order valence-electron chi connectivity index (χ4n) is 7.88. The summed E-state index contributed by atoms with van der Waals surface area (Å²) >= 11 is 1.86. The molecule has 0 unspecified atom stereocenters. The minimum absolute atomic E-state index is 0.609. The number of aromatic nitrogens is 3. The van der Waals surface area contributed by atoms with Crippen LogP contribution in [0, 0.1) is 0 Å². The lowest BCUT2D eigenvalue weighted by Crippen LogP contribution is -2.00. The van der Waals surface area contributed by atoms with Crippen molar-refractivity contribution in [3.63, 3.8) is 0 Å². The molecule has 0 spiro atoms. The molecule has 8 aromatic carbocycles. The molecule has 3 aromatic heterocycles. The average molecular weight is 734 g/mol. The molecule has 11 rings (SSSR count). The molecule has 262 valence electrons. The van der Waals surface area contributed by atoms with Gasteiger partial charge in [-0.15, -0.1) is 11.3 Å². The molecule has 0 saturated carbocycles. The van der Waals surface area contributed by atoms with Gasteiger partial charge in [-0.1, -0.05) is 158 Å². The summed E-state index contributed by atoms with van der Waals surface area (Å²) in [6.45, 7) is 0. The maximum Gasteiger partial charge on any atom is 0.164 e. The van der Waals surface area contributed by atoms with Gasteiger partial charge in [0.1, 0.15) is 11.2 Å². The predicted molar refractivity (Wildman–Crippen MR) is 233 cm³/mol. The van der Waals surface area contributed by atoms with Gasteiger partial charge in [0.2, 0.25) is 0 Å². The third kappa shape index (κ3) is 5.48. The number of nitrogens with zero attached hydrogens (tertiary/aromatic N) is 3. The van der Waals surface area contributed by atoms with Crippen LogP contribution in [-0.4, -0.2) is 15.0 Å². The van der Waals surface area contributed by atoms with Crippen molar-refractivity contribution in [2.75, 3.05) is 0 Å². The fraction of sp³-hybridized carbons (Fsp3) is 0. The highest BCUT2D eigenvalue weighted by Gasteiger charge is 2.21. The molecular formula is C51H31N3OS. The maximum absolute atomic E-state index is 6.71. The van der Waals surface area contributed by atoms with Gasteiger partial charge < -0.3 is 4.42 Å². The molecule has 0 radical (unpaired) electrons. The Morgan fingerprint density at radius 3 is 1.64 bits per heavy atom. The van der Waals surface area contributed by atoms with E-state index in [9.17, 15) is 0 Å². The van der Waals surface area contributed by atoms with Gasteiger partial charge in [-0.2, -0.15) is 0 Å². The van der Waals surface area contributed by atoms with Crippen molar-refractivity contribution in [3.05, 3.63) is 188 Å². The highest BCUT2D eigenvalue weighted by atomic mass is 32.1. The smallest absolute Gasteiger partial charge is 0.164 e. The van der Waals surface area contributed by atoms with Crippen molar-refractivity contribution in [1.82, 2.24) is 15.0 Å². The van der Waals surface area contributed by atoms with Gasteiger partial charge in [0.15, 0.2) is 17.5 Å². The Balaban J connectivity index is 1.15. The minimum Gasteiger partial charge on any atom is -0.455 e. The van der Waals surface area contributed by atoms with E-state index in [0.29, 0.717) is 17.5 Å². The highest BCUT2D eigenvalue weighted by Crippen LogP contribution is 2.47. The Labute approximate surface area is 327 Å². The second-order valence-electron chi connectivity index (χ2n) is 13.9. The molecule has 3 heterocycles. The molecule has 4 nitrogen and oxygen atoms in total. The quantitative estimate of drug-likeness (QED) is 0.171. The van der Waals surface area contributed by atoms with Crippen molar-refractivity contribution in [1.29, 1.82) is 0 Å². The first kappa shape index (κ1) is 32.2. The van der Waals surface area contributed by atoms with Crippen LogP contribution in [-0.2, 0) is 0 Å². The molecule has 0 aliphatic rings. The topological polar surface area (TPSA) is 51.8 Å². The molecule has 0 atom stereocenters. The molecule has 0 N–H and O–H groups in total. The zero-order valence-electron chi connectivity index (χ0n) is 30.1. The van der Waals surface area contributed by atoms with Crippen LogP contribution in [0.3, 0.4) is 0 Å². The summed E-state index contributed by atoms with van der Waals surface area (Å²) < 4.78 is 9.29. The van der Waals surface area contributed by atoms with Crippen LogP contribution < -0.4 is 0 Å². The van der Waals surface area contributed by atoms with Crippen LogP contribution >= 0.6 is 11.3 Å². The van der Waals surface area contributed by atoms with Crippen LogP contribution in [0.25, 0.3) is 110 Å². The first-order valence-electron chi connectivity index (χ1n) is 18.7. The van der Waals surface area contributed by atoms with Gasteiger partial charge in [0.05, 0.1) is 0 Å². The predicted octanol–water partition coefficient (Wildman–Crippen LogP) is 14.1. The number of rotatable bonds is 6. The number of thiophene rings is 1. The Morgan fingerprint density at radius 2 is 0.929 bits per heavy atom. The zero-order chi connectivity index (χ0) is 37.0. The standard InChI is InChI=1S/C51H31N3OS/c1-4-15-32(16-5-1)46-38(27-28-41-40-24-11-13-26-45(40)56-48(41)46)37-30-42(47-43(31-37)39-23-10-12-25-44(39)55-47)35-21-14-22-36(29-35)51-53-49(33-17-6-2-7-18-33)52-50(54-51)34-19-8-3-9-20-34/h1-31H. The molecule has 0 bridgehead atoms. The van der Waals surface area contributed by atoms with Gasteiger partial charge in [-0.05, 0) is 52.6 Å². The van der Waals surface area contributed by atoms with Crippen molar-refractivity contribution in [2.45, 2.75) is 0 Å². The Morgan fingerprint density at radius 1 is 0.357 bits per heavy atom. The van der Waals surface area contributed by atoms with Crippen LogP contribution in [0.5, 0.6) is 0 Å². The molecule has 0 amide bonds. The van der Waals surface area contributed by atoms with E-state index >= 15 is 0 Å². The van der Waals surface area contributed by atoms with Gasteiger partial charge in [-0.25, -0.2) is 15.0 Å². The Hall–Kier alpha value is -7.21. The van der Waals surface area contributed by atoms with E-state index in [1.54, 1.807) is 0 Å². The van der Waals surface area contributed by atoms with Crippen LogP contribution in [0.15, 0.2) is 192 Å². The minimum atomic E-state index is 0.609. The molecule has 0 aliphatic carbocycles. The van der Waals surface area contributed by atoms with Crippen LogP contribution in [0.2, 0.25) is 0 Å². The van der Waals surface area contributed by atoms with E-state index in [4.69, 9.17) is 19.4 Å². The van der Waals surface area contributed by atoms with E-state index in [-0.39, 0.29) is 0 Å². The summed E-state index contributed by atoms with van der Waals surface area (Å²) in [5.41, 5.74) is 11.2. The number of fused-ring (bicyclic) bond motifs is 6. The summed E-state index contributed by atoms with van der Waals surface area (Å²) in [4.78, 5) is 15.0. The Kier molecular flexibility index (Phi) is 7.64. The number of hydrogen-bond acceptors (Lipinski definition) is 5. The molecule has 56 heavy (non-hydrogen) atoms. The summed E-state index contributed by atoms with van der Waals surface area (Å²) in [5, 5.41) is 4.72. The first-order valence-corrected chi connectivity index (χ1v) is 19.5. The largest absolute Gasteiger partial charge is 0.455 e. The summed E-state index contributed by atoms with van der Waals surface area (Å²) in [6.07, 6.45) is 0. The monoisotopic (exact) mass is 733 g/mol. The second-order valence-corrected chi connectivity index (χ2v) is 15.0. The SMILES string of the molecule is c1ccc(-c2nc(-c3ccccc3)nc(-c3cccc(-c4cc(-c5ccc6c(sc7ccccc76)c5-c5ccccc5)cc5c4oc4ccccc45)c3)n2)cc1.